The van der Waals surface area contributed by atoms with Gasteiger partial charge in [-0.3, -0.25) is 4.79 Å². The van der Waals surface area contributed by atoms with Crippen molar-refractivity contribution in [2.45, 2.75) is 20.3 Å². The van der Waals surface area contributed by atoms with Crippen molar-refractivity contribution < 1.29 is 4.79 Å². The molecular formula is C17H17N3O. The highest BCUT2D eigenvalue weighted by molar-refractivity contribution is 5.92. The van der Waals surface area contributed by atoms with Crippen LogP contribution in [0.2, 0.25) is 0 Å². The number of benzene rings is 1. The Kier molecular flexibility index (Phi) is 3.44. The van der Waals surface area contributed by atoms with Gasteiger partial charge in [-0.2, -0.15) is 0 Å². The predicted molar refractivity (Wildman–Crippen MR) is 83.4 cm³/mol. The molecule has 3 aromatic rings. The van der Waals surface area contributed by atoms with Gasteiger partial charge < -0.3 is 9.72 Å². The summed E-state index contributed by atoms with van der Waals surface area (Å²) >= 11 is 0. The van der Waals surface area contributed by atoms with Gasteiger partial charge in [0.15, 0.2) is 0 Å². The fourth-order valence-corrected chi connectivity index (χ4v) is 2.31. The average molecular weight is 279 g/mol. The van der Waals surface area contributed by atoms with Crippen LogP contribution in [0.15, 0.2) is 48.8 Å². The quantitative estimate of drug-likeness (QED) is 0.800. The second-order valence-electron chi connectivity index (χ2n) is 5.30. The van der Waals surface area contributed by atoms with E-state index in [1.807, 2.05) is 67.0 Å². The number of hydrogen-bond donors (Lipinski definition) is 1. The monoisotopic (exact) mass is 279 g/mol. The summed E-state index contributed by atoms with van der Waals surface area (Å²) < 4.78 is 1.93. The summed E-state index contributed by atoms with van der Waals surface area (Å²) in [5, 5.41) is 2.90. The molecule has 0 spiro atoms. The second kappa shape index (κ2) is 5.40. The average Bonchev–Trinajstić information content (AvgIpc) is 2.79. The van der Waals surface area contributed by atoms with Crippen molar-refractivity contribution in [3.05, 3.63) is 65.6 Å². The van der Waals surface area contributed by atoms with Crippen LogP contribution in [0.5, 0.6) is 0 Å². The van der Waals surface area contributed by atoms with Crippen molar-refractivity contribution in [1.29, 1.82) is 0 Å². The highest BCUT2D eigenvalue weighted by Crippen LogP contribution is 2.11. The molecule has 1 N–H and O–H groups in total. The molecule has 2 aromatic heterocycles. The van der Waals surface area contributed by atoms with Crippen LogP contribution in [0.1, 0.15) is 16.8 Å². The summed E-state index contributed by atoms with van der Waals surface area (Å²) in [6, 6.07) is 11.8. The molecule has 0 aliphatic carbocycles. The van der Waals surface area contributed by atoms with Gasteiger partial charge in [-0.05, 0) is 49.2 Å². The van der Waals surface area contributed by atoms with Gasteiger partial charge in [0.05, 0.1) is 12.1 Å². The van der Waals surface area contributed by atoms with Gasteiger partial charge in [0.25, 0.3) is 0 Å². The van der Waals surface area contributed by atoms with Crippen LogP contribution in [-0.4, -0.2) is 15.3 Å². The zero-order chi connectivity index (χ0) is 14.8. The van der Waals surface area contributed by atoms with E-state index in [9.17, 15) is 4.79 Å². The number of imidazole rings is 1. The zero-order valence-corrected chi connectivity index (χ0v) is 12.1. The minimum absolute atomic E-state index is 0.0549. The van der Waals surface area contributed by atoms with E-state index < -0.39 is 0 Å². The van der Waals surface area contributed by atoms with Gasteiger partial charge in [-0.25, -0.2) is 4.98 Å². The molecule has 0 saturated carbocycles. The maximum Gasteiger partial charge on any atom is 0.230 e. The molecule has 0 aliphatic heterocycles. The van der Waals surface area contributed by atoms with E-state index in [2.05, 4.69) is 10.3 Å². The van der Waals surface area contributed by atoms with Crippen molar-refractivity contribution in [2.24, 2.45) is 0 Å². The van der Waals surface area contributed by atoms with Crippen molar-refractivity contribution >= 4 is 17.2 Å². The van der Waals surface area contributed by atoms with Crippen LogP contribution in [0.25, 0.3) is 5.65 Å². The fourth-order valence-electron chi connectivity index (χ4n) is 2.31. The number of rotatable bonds is 3. The van der Waals surface area contributed by atoms with Crippen LogP contribution in [0.3, 0.4) is 0 Å². The second-order valence-corrected chi connectivity index (χ2v) is 5.30. The molecule has 4 heteroatoms. The Morgan fingerprint density at radius 2 is 2.00 bits per heavy atom. The fraction of sp³-hybridized carbons (Fsp3) is 0.176. The summed E-state index contributed by atoms with van der Waals surface area (Å²) in [7, 11) is 0. The van der Waals surface area contributed by atoms with Gasteiger partial charge in [0, 0.05) is 18.1 Å². The number of anilines is 1. The molecule has 0 saturated heterocycles. The normalized spacial score (nSPS) is 10.8. The molecule has 0 bridgehead atoms. The molecule has 0 aliphatic rings. The van der Waals surface area contributed by atoms with Crippen LogP contribution in [-0.2, 0) is 11.2 Å². The Morgan fingerprint density at radius 3 is 2.81 bits per heavy atom. The van der Waals surface area contributed by atoms with Crippen molar-refractivity contribution in [2.75, 3.05) is 5.32 Å². The van der Waals surface area contributed by atoms with E-state index in [0.717, 1.165) is 28.2 Å². The molecule has 0 fully saturated rings. The van der Waals surface area contributed by atoms with Gasteiger partial charge >= 0.3 is 0 Å². The largest absolute Gasteiger partial charge is 0.326 e. The van der Waals surface area contributed by atoms with Crippen LogP contribution >= 0.6 is 0 Å². The summed E-state index contributed by atoms with van der Waals surface area (Å²) in [5.74, 6) is -0.0549. The summed E-state index contributed by atoms with van der Waals surface area (Å²) in [6.07, 6.45) is 4.12. The van der Waals surface area contributed by atoms with E-state index in [0.29, 0.717) is 0 Å². The van der Waals surface area contributed by atoms with Gasteiger partial charge in [-0.1, -0.05) is 12.1 Å². The number of nitrogens with one attached hydrogen (secondary N) is 1. The Hall–Kier alpha value is -2.62. The molecule has 1 aromatic carbocycles. The lowest BCUT2D eigenvalue weighted by Crippen LogP contribution is -2.14. The number of carbonyl (C=O) groups is 1. The first kappa shape index (κ1) is 13.4. The number of nitrogens with zero attached hydrogens (tertiary/aromatic N) is 2. The van der Waals surface area contributed by atoms with Crippen molar-refractivity contribution in [3.63, 3.8) is 0 Å². The number of carbonyl (C=O) groups excluding carboxylic acids is 1. The van der Waals surface area contributed by atoms with Gasteiger partial charge in [0.1, 0.15) is 5.65 Å². The van der Waals surface area contributed by atoms with Crippen LogP contribution < -0.4 is 5.32 Å². The van der Waals surface area contributed by atoms with Crippen LogP contribution in [0, 0.1) is 13.8 Å². The number of fused-ring (bicyclic) bond motifs is 1. The summed E-state index contributed by atoms with van der Waals surface area (Å²) in [4.78, 5) is 16.6. The molecule has 4 nitrogen and oxygen atoms in total. The van der Waals surface area contributed by atoms with Crippen molar-refractivity contribution in [1.82, 2.24) is 9.38 Å². The van der Waals surface area contributed by atoms with Gasteiger partial charge in [0.2, 0.25) is 5.91 Å². The standard InChI is InChI=1S/C17H17N3O/c1-12-4-3-5-14(8-12)19-17(21)10-15-11-20-7-6-13(2)9-16(20)18-15/h3-9,11H,10H2,1-2H3,(H,19,21). The third-order valence-corrected chi connectivity index (χ3v) is 3.31. The summed E-state index contributed by atoms with van der Waals surface area (Å²) in [5.41, 5.74) is 4.73. The predicted octanol–water partition coefficient (Wildman–Crippen LogP) is 3.13. The van der Waals surface area contributed by atoms with E-state index >= 15 is 0 Å². The SMILES string of the molecule is Cc1cccc(NC(=O)Cc2cn3ccc(C)cc3n2)c1. The Balaban J connectivity index is 1.74. The zero-order valence-electron chi connectivity index (χ0n) is 12.1. The lowest BCUT2D eigenvalue weighted by atomic mass is 10.2. The number of amides is 1. The van der Waals surface area contributed by atoms with E-state index in [-0.39, 0.29) is 12.3 Å². The third-order valence-electron chi connectivity index (χ3n) is 3.31. The molecule has 1 amide bonds. The maximum absolute atomic E-state index is 12.1. The Morgan fingerprint density at radius 1 is 1.19 bits per heavy atom. The smallest absolute Gasteiger partial charge is 0.230 e. The minimum atomic E-state index is -0.0549. The third kappa shape index (κ3) is 3.11. The first-order chi connectivity index (χ1) is 10.1. The topological polar surface area (TPSA) is 46.4 Å². The number of aromatic nitrogens is 2. The molecule has 21 heavy (non-hydrogen) atoms. The number of pyridine rings is 1. The van der Waals surface area contributed by atoms with E-state index in [1.165, 1.54) is 0 Å². The first-order valence-electron chi connectivity index (χ1n) is 6.91. The van der Waals surface area contributed by atoms with Crippen LogP contribution in [0.4, 0.5) is 5.69 Å². The van der Waals surface area contributed by atoms with Gasteiger partial charge in [-0.15, -0.1) is 0 Å². The van der Waals surface area contributed by atoms with E-state index in [4.69, 9.17) is 0 Å². The Bertz CT molecular complexity index is 805. The number of hydrogen-bond acceptors (Lipinski definition) is 2. The van der Waals surface area contributed by atoms with E-state index in [1.54, 1.807) is 0 Å². The molecule has 0 atom stereocenters. The summed E-state index contributed by atoms with van der Waals surface area (Å²) in [6.45, 7) is 4.03. The molecule has 106 valence electrons. The highest BCUT2D eigenvalue weighted by Gasteiger charge is 2.08. The molecular weight excluding hydrogens is 262 g/mol. The lowest BCUT2D eigenvalue weighted by molar-refractivity contribution is -0.115. The molecule has 0 radical (unpaired) electrons. The maximum atomic E-state index is 12.1. The first-order valence-corrected chi connectivity index (χ1v) is 6.91. The molecule has 2 heterocycles. The van der Waals surface area contributed by atoms with Crippen molar-refractivity contribution in [3.8, 4) is 0 Å². The highest BCUT2D eigenvalue weighted by atomic mass is 16.1. The molecule has 0 unspecified atom stereocenters. The lowest BCUT2D eigenvalue weighted by Gasteiger charge is -2.04. The number of aryl methyl sites for hydroxylation is 2. The minimum Gasteiger partial charge on any atom is -0.326 e. The molecule has 3 rings (SSSR count). The Labute approximate surface area is 123 Å².